The maximum Gasteiger partial charge on any atom is 0.240 e. The van der Waals surface area contributed by atoms with E-state index >= 15 is 0 Å². The lowest BCUT2D eigenvalue weighted by atomic mass is 10.1. The summed E-state index contributed by atoms with van der Waals surface area (Å²) in [6.07, 6.45) is 1.92. The zero-order chi connectivity index (χ0) is 12.3. The number of aliphatic hydroxyl groups excluding tert-OH is 1. The first-order valence-corrected chi connectivity index (χ1v) is 6.32. The molecule has 96 valence electrons. The molecule has 0 aromatic carbocycles. The van der Waals surface area contributed by atoms with E-state index < -0.39 is 0 Å². The molecule has 1 atom stereocenters. The van der Waals surface area contributed by atoms with Crippen LogP contribution < -0.4 is 0 Å². The van der Waals surface area contributed by atoms with Gasteiger partial charge < -0.3 is 9.63 Å². The molecule has 0 saturated carbocycles. The molecule has 1 saturated heterocycles. The standard InChI is InChI=1S/C12H21N3O2/c1-9(2)5-11-13-12(17-14-11)7-15-4-3-10(6-15)8-16/h9-10,16H,3-8H2,1-2H3. The van der Waals surface area contributed by atoms with Gasteiger partial charge in [0.2, 0.25) is 5.89 Å². The van der Waals surface area contributed by atoms with Gasteiger partial charge in [-0.15, -0.1) is 0 Å². The Bertz CT molecular complexity index is 351. The van der Waals surface area contributed by atoms with Gasteiger partial charge in [0.05, 0.1) is 6.54 Å². The van der Waals surface area contributed by atoms with Gasteiger partial charge in [0, 0.05) is 19.6 Å². The van der Waals surface area contributed by atoms with Crippen molar-refractivity contribution in [1.82, 2.24) is 15.0 Å². The summed E-state index contributed by atoms with van der Waals surface area (Å²) in [6, 6.07) is 0. The predicted molar refractivity (Wildman–Crippen MR) is 63.3 cm³/mol. The summed E-state index contributed by atoms with van der Waals surface area (Å²) in [6.45, 7) is 7.21. The van der Waals surface area contributed by atoms with Gasteiger partial charge in [-0.1, -0.05) is 19.0 Å². The lowest BCUT2D eigenvalue weighted by Crippen LogP contribution is -2.21. The van der Waals surface area contributed by atoms with E-state index in [4.69, 9.17) is 9.63 Å². The minimum atomic E-state index is 0.277. The summed E-state index contributed by atoms with van der Waals surface area (Å²) >= 11 is 0. The van der Waals surface area contributed by atoms with Crippen molar-refractivity contribution >= 4 is 0 Å². The van der Waals surface area contributed by atoms with E-state index in [0.29, 0.717) is 24.3 Å². The summed E-state index contributed by atoms with van der Waals surface area (Å²) in [5.41, 5.74) is 0. The first kappa shape index (κ1) is 12.5. The molecule has 1 aliphatic rings. The van der Waals surface area contributed by atoms with E-state index in [1.165, 1.54) is 0 Å². The van der Waals surface area contributed by atoms with E-state index in [9.17, 15) is 0 Å². The molecule has 1 aromatic heterocycles. The summed E-state index contributed by atoms with van der Waals surface area (Å²) in [4.78, 5) is 6.64. The number of aromatic nitrogens is 2. The van der Waals surface area contributed by atoms with Crippen LogP contribution >= 0.6 is 0 Å². The van der Waals surface area contributed by atoms with E-state index in [1.54, 1.807) is 0 Å². The minimum absolute atomic E-state index is 0.277. The zero-order valence-electron chi connectivity index (χ0n) is 10.6. The molecule has 0 amide bonds. The Balaban J connectivity index is 1.85. The fourth-order valence-corrected chi connectivity index (χ4v) is 2.20. The van der Waals surface area contributed by atoms with Crippen LogP contribution in [0.5, 0.6) is 0 Å². The third-order valence-electron chi connectivity index (χ3n) is 3.09. The Labute approximate surface area is 102 Å². The number of hydrogen-bond acceptors (Lipinski definition) is 5. The second-order valence-corrected chi connectivity index (χ2v) is 5.27. The van der Waals surface area contributed by atoms with Crippen molar-refractivity contribution in [2.24, 2.45) is 11.8 Å². The second-order valence-electron chi connectivity index (χ2n) is 5.27. The molecule has 1 aliphatic heterocycles. The Morgan fingerprint density at radius 3 is 3.00 bits per heavy atom. The van der Waals surface area contributed by atoms with Gasteiger partial charge in [-0.3, -0.25) is 4.90 Å². The summed E-state index contributed by atoms with van der Waals surface area (Å²) in [5, 5.41) is 13.1. The lowest BCUT2D eigenvalue weighted by molar-refractivity contribution is 0.211. The molecular formula is C12H21N3O2. The van der Waals surface area contributed by atoms with Crippen molar-refractivity contribution in [3.8, 4) is 0 Å². The Morgan fingerprint density at radius 2 is 2.35 bits per heavy atom. The highest BCUT2D eigenvalue weighted by Crippen LogP contribution is 2.17. The van der Waals surface area contributed by atoms with Crippen LogP contribution in [0.2, 0.25) is 0 Å². The van der Waals surface area contributed by atoms with E-state index in [0.717, 1.165) is 31.8 Å². The maximum atomic E-state index is 9.08. The van der Waals surface area contributed by atoms with Crippen molar-refractivity contribution in [3.63, 3.8) is 0 Å². The van der Waals surface area contributed by atoms with Crippen molar-refractivity contribution in [2.75, 3.05) is 19.7 Å². The average Bonchev–Trinajstić information content (AvgIpc) is 2.88. The largest absolute Gasteiger partial charge is 0.396 e. The number of aliphatic hydroxyl groups is 1. The van der Waals surface area contributed by atoms with Crippen LogP contribution in [0.4, 0.5) is 0 Å². The monoisotopic (exact) mass is 239 g/mol. The SMILES string of the molecule is CC(C)Cc1noc(CN2CCC(CO)C2)n1. The summed E-state index contributed by atoms with van der Waals surface area (Å²) in [5.74, 6) is 2.45. The molecule has 1 N–H and O–H groups in total. The fraction of sp³-hybridized carbons (Fsp3) is 0.833. The third-order valence-corrected chi connectivity index (χ3v) is 3.09. The molecule has 5 nitrogen and oxygen atoms in total. The number of nitrogens with zero attached hydrogens (tertiary/aromatic N) is 3. The fourth-order valence-electron chi connectivity index (χ4n) is 2.20. The topological polar surface area (TPSA) is 62.4 Å². The number of rotatable bonds is 5. The van der Waals surface area contributed by atoms with Crippen LogP contribution in [0.1, 0.15) is 32.0 Å². The highest BCUT2D eigenvalue weighted by Gasteiger charge is 2.23. The molecule has 1 aromatic rings. The van der Waals surface area contributed by atoms with Crippen molar-refractivity contribution < 1.29 is 9.63 Å². The van der Waals surface area contributed by atoms with Crippen molar-refractivity contribution in [1.29, 1.82) is 0 Å². The quantitative estimate of drug-likeness (QED) is 0.833. The molecule has 2 heterocycles. The molecule has 0 radical (unpaired) electrons. The van der Waals surface area contributed by atoms with Gasteiger partial charge >= 0.3 is 0 Å². The molecule has 0 bridgehead atoms. The highest BCUT2D eigenvalue weighted by molar-refractivity contribution is 4.88. The summed E-state index contributed by atoms with van der Waals surface area (Å²) < 4.78 is 5.23. The Kier molecular flexibility index (Phi) is 4.12. The van der Waals surface area contributed by atoms with Crippen LogP contribution in [-0.4, -0.2) is 39.8 Å². The molecule has 17 heavy (non-hydrogen) atoms. The molecule has 1 fully saturated rings. The van der Waals surface area contributed by atoms with Gasteiger partial charge in [0.15, 0.2) is 5.82 Å². The molecular weight excluding hydrogens is 218 g/mol. The smallest absolute Gasteiger partial charge is 0.240 e. The molecule has 0 spiro atoms. The Morgan fingerprint density at radius 1 is 1.53 bits per heavy atom. The van der Waals surface area contributed by atoms with Gasteiger partial charge in [-0.25, -0.2) is 0 Å². The molecule has 0 aliphatic carbocycles. The predicted octanol–water partition coefficient (Wildman–Crippen LogP) is 1.08. The maximum absolute atomic E-state index is 9.08. The first-order chi connectivity index (χ1) is 8.17. The number of hydrogen-bond donors (Lipinski definition) is 1. The van der Waals surface area contributed by atoms with Crippen molar-refractivity contribution in [3.05, 3.63) is 11.7 Å². The van der Waals surface area contributed by atoms with Gasteiger partial charge in [-0.2, -0.15) is 4.98 Å². The van der Waals surface area contributed by atoms with Crippen LogP contribution in [0.3, 0.4) is 0 Å². The van der Waals surface area contributed by atoms with Gasteiger partial charge in [-0.05, 0) is 24.8 Å². The van der Waals surface area contributed by atoms with Crippen LogP contribution in [0.15, 0.2) is 4.52 Å². The number of likely N-dealkylation sites (tertiary alicyclic amines) is 1. The Hall–Kier alpha value is -0.940. The summed E-state index contributed by atoms with van der Waals surface area (Å²) in [7, 11) is 0. The zero-order valence-corrected chi connectivity index (χ0v) is 10.6. The van der Waals surface area contributed by atoms with Crippen LogP contribution in [-0.2, 0) is 13.0 Å². The minimum Gasteiger partial charge on any atom is -0.396 e. The molecule has 2 rings (SSSR count). The van der Waals surface area contributed by atoms with Gasteiger partial charge in [0.25, 0.3) is 0 Å². The van der Waals surface area contributed by atoms with Crippen molar-refractivity contribution in [2.45, 2.75) is 33.2 Å². The highest BCUT2D eigenvalue weighted by atomic mass is 16.5. The first-order valence-electron chi connectivity index (χ1n) is 6.32. The second kappa shape index (κ2) is 5.60. The molecule has 1 unspecified atom stereocenters. The average molecular weight is 239 g/mol. The molecule has 5 heteroatoms. The van der Waals surface area contributed by atoms with Crippen LogP contribution in [0, 0.1) is 11.8 Å². The van der Waals surface area contributed by atoms with Gasteiger partial charge in [0.1, 0.15) is 0 Å². The van der Waals surface area contributed by atoms with E-state index in [1.807, 2.05) is 0 Å². The van der Waals surface area contributed by atoms with E-state index in [2.05, 4.69) is 28.9 Å². The third kappa shape index (κ3) is 3.51. The van der Waals surface area contributed by atoms with Crippen LogP contribution in [0.25, 0.3) is 0 Å². The lowest BCUT2D eigenvalue weighted by Gasteiger charge is -2.11. The normalized spacial score (nSPS) is 21.5. The van der Waals surface area contributed by atoms with E-state index in [-0.39, 0.29) is 6.61 Å².